The van der Waals surface area contributed by atoms with Crippen molar-refractivity contribution in [1.29, 1.82) is 0 Å². The first-order valence-electron chi connectivity index (χ1n) is 9.37. The van der Waals surface area contributed by atoms with Crippen LogP contribution in [-0.2, 0) is 17.6 Å². The molecule has 0 fully saturated rings. The number of rotatable bonds is 12. The largest absolute Gasteiger partial charge is 0.497 e. The average molecular weight is 370 g/mol. The van der Waals surface area contributed by atoms with E-state index in [2.05, 4.69) is 29.2 Å². The van der Waals surface area contributed by atoms with Crippen LogP contribution in [0.1, 0.15) is 24.0 Å². The molecule has 1 amide bonds. The van der Waals surface area contributed by atoms with Crippen molar-refractivity contribution >= 4 is 5.91 Å². The number of carbonyl (C=O) groups excluding carboxylic acids is 1. The molecule has 27 heavy (non-hydrogen) atoms. The lowest BCUT2D eigenvalue weighted by Crippen LogP contribution is -2.35. The highest BCUT2D eigenvalue weighted by atomic mass is 16.5. The molecule has 5 nitrogen and oxygen atoms in total. The molecule has 2 aromatic carbocycles. The van der Waals surface area contributed by atoms with Gasteiger partial charge in [-0.3, -0.25) is 9.69 Å². The van der Waals surface area contributed by atoms with Crippen LogP contribution in [0.15, 0.2) is 48.5 Å². The third-order valence-electron chi connectivity index (χ3n) is 4.58. The summed E-state index contributed by atoms with van der Waals surface area (Å²) in [5, 5.41) is 0. The zero-order valence-corrected chi connectivity index (χ0v) is 16.3. The summed E-state index contributed by atoms with van der Waals surface area (Å²) in [6, 6.07) is 16.2. The number of methoxy groups -OCH3 is 2. The van der Waals surface area contributed by atoms with Crippen molar-refractivity contribution in [1.82, 2.24) is 4.90 Å². The van der Waals surface area contributed by atoms with Crippen molar-refractivity contribution in [3.8, 4) is 11.5 Å². The van der Waals surface area contributed by atoms with Gasteiger partial charge in [0.1, 0.15) is 11.5 Å². The molecule has 0 heterocycles. The molecule has 0 aliphatic rings. The first-order chi connectivity index (χ1) is 13.1. The molecule has 2 N–H and O–H groups in total. The minimum absolute atomic E-state index is 0.274. The van der Waals surface area contributed by atoms with Crippen molar-refractivity contribution < 1.29 is 14.3 Å². The molecule has 0 unspecified atom stereocenters. The number of aryl methyl sites for hydroxylation is 2. The predicted octanol–water partition coefficient (Wildman–Crippen LogP) is 3.06. The van der Waals surface area contributed by atoms with E-state index >= 15 is 0 Å². The van der Waals surface area contributed by atoms with E-state index in [4.69, 9.17) is 15.2 Å². The summed E-state index contributed by atoms with van der Waals surface area (Å²) in [4.78, 5) is 13.5. The highest BCUT2D eigenvalue weighted by Gasteiger charge is 2.08. The molecule has 5 heteroatoms. The van der Waals surface area contributed by atoms with Crippen LogP contribution in [0.5, 0.6) is 11.5 Å². The van der Waals surface area contributed by atoms with Gasteiger partial charge in [-0.15, -0.1) is 0 Å². The molecular weight excluding hydrogens is 340 g/mol. The monoisotopic (exact) mass is 370 g/mol. The number of nitrogens with zero attached hydrogens (tertiary/aromatic N) is 1. The van der Waals surface area contributed by atoms with Gasteiger partial charge in [0.25, 0.3) is 0 Å². The Kier molecular flexibility index (Phi) is 8.65. The fourth-order valence-corrected chi connectivity index (χ4v) is 3.09. The van der Waals surface area contributed by atoms with Crippen LogP contribution in [0.2, 0.25) is 0 Å². The first-order valence-corrected chi connectivity index (χ1v) is 9.37. The summed E-state index contributed by atoms with van der Waals surface area (Å²) in [6.07, 6.45) is 3.92. The van der Waals surface area contributed by atoms with Gasteiger partial charge in [-0.25, -0.2) is 0 Å². The number of benzene rings is 2. The summed E-state index contributed by atoms with van der Waals surface area (Å²) < 4.78 is 10.4. The van der Waals surface area contributed by atoms with Crippen LogP contribution in [-0.4, -0.2) is 44.7 Å². The molecule has 146 valence electrons. The van der Waals surface area contributed by atoms with Crippen LogP contribution >= 0.6 is 0 Å². The van der Waals surface area contributed by atoms with Gasteiger partial charge in [0.15, 0.2) is 0 Å². The maximum absolute atomic E-state index is 11.4. The lowest BCUT2D eigenvalue weighted by Gasteiger charge is -2.20. The van der Waals surface area contributed by atoms with Gasteiger partial charge in [-0.2, -0.15) is 0 Å². The van der Waals surface area contributed by atoms with Crippen molar-refractivity contribution in [3.63, 3.8) is 0 Å². The molecule has 0 bridgehead atoms. The van der Waals surface area contributed by atoms with E-state index in [1.54, 1.807) is 14.2 Å². The zero-order valence-electron chi connectivity index (χ0n) is 16.3. The van der Waals surface area contributed by atoms with E-state index in [-0.39, 0.29) is 5.91 Å². The fraction of sp³-hybridized carbons (Fsp3) is 0.409. The van der Waals surface area contributed by atoms with Crippen molar-refractivity contribution in [3.05, 3.63) is 59.7 Å². The molecular formula is C22H30N2O3. The van der Waals surface area contributed by atoms with Crippen molar-refractivity contribution in [2.24, 2.45) is 5.73 Å². The molecule has 0 aliphatic heterocycles. The second-order valence-electron chi connectivity index (χ2n) is 6.65. The van der Waals surface area contributed by atoms with Gasteiger partial charge in [0.2, 0.25) is 5.91 Å². The van der Waals surface area contributed by atoms with E-state index in [1.165, 1.54) is 11.1 Å². The number of carbonyl (C=O) groups is 1. The third-order valence-corrected chi connectivity index (χ3v) is 4.58. The maximum Gasteiger partial charge on any atom is 0.231 e. The lowest BCUT2D eigenvalue weighted by atomic mass is 10.1. The molecule has 2 rings (SSSR count). The highest BCUT2D eigenvalue weighted by molar-refractivity contribution is 5.75. The van der Waals surface area contributed by atoms with Crippen LogP contribution < -0.4 is 15.2 Å². The highest BCUT2D eigenvalue weighted by Crippen LogP contribution is 2.14. The second-order valence-corrected chi connectivity index (χ2v) is 6.65. The first kappa shape index (κ1) is 20.8. The van der Waals surface area contributed by atoms with Crippen LogP contribution in [0.3, 0.4) is 0 Å². The maximum atomic E-state index is 11.4. The summed E-state index contributed by atoms with van der Waals surface area (Å²) >= 11 is 0. The Morgan fingerprint density at radius 2 is 1.22 bits per heavy atom. The second kappa shape index (κ2) is 11.2. The molecule has 0 spiro atoms. The van der Waals surface area contributed by atoms with Gasteiger partial charge in [0.05, 0.1) is 20.8 Å². The third kappa shape index (κ3) is 7.71. The number of ether oxygens (including phenoxy) is 2. The Morgan fingerprint density at radius 1 is 0.815 bits per heavy atom. The molecule has 2 aromatic rings. The minimum atomic E-state index is -0.274. The molecule has 0 aromatic heterocycles. The topological polar surface area (TPSA) is 64.8 Å². The minimum Gasteiger partial charge on any atom is -0.497 e. The SMILES string of the molecule is COc1ccc(CCCN(CCCc2ccc(OC)cc2)CC(N)=O)cc1. The summed E-state index contributed by atoms with van der Waals surface area (Å²) in [5.41, 5.74) is 7.96. The van der Waals surface area contributed by atoms with Gasteiger partial charge >= 0.3 is 0 Å². The van der Waals surface area contributed by atoms with Crippen molar-refractivity contribution in [2.75, 3.05) is 33.9 Å². The van der Waals surface area contributed by atoms with E-state index in [9.17, 15) is 4.79 Å². The van der Waals surface area contributed by atoms with E-state index in [0.29, 0.717) is 6.54 Å². The van der Waals surface area contributed by atoms with Crippen LogP contribution in [0.25, 0.3) is 0 Å². The van der Waals surface area contributed by atoms with Gasteiger partial charge in [0, 0.05) is 0 Å². The lowest BCUT2D eigenvalue weighted by molar-refractivity contribution is -0.119. The quantitative estimate of drug-likeness (QED) is 0.624. The average Bonchev–Trinajstić information content (AvgIpc) is 2.68. The Hall–Kier alpha value is -2.53. The summed E-state index contributed by atoms with van der Waals surface area (Å²) in [7, 11) is 3.34. The summed E-state index contributed by atoms with van der Waals surface area (Å²) in [6.45, 7) is 2.03. The number of hydrogen-bond acceptors (Lipinski definition) is 4. The predicted molar refractivity (Wildman–Crippen MR) is 108 cm³/mol. The van der Waals surface area contributed by atoms with E-state index < -0.39 is 0 Å². The Morgan fingerprint density at radius 3 is 1.56 bits per heavy atom. The Balaban J connectivity index is 1.76. The Labute approximate surface area is 162 Å². The normalized spacial score (nSPS) is 10.8. The van der Waals surface area contributed by atoms with Gasteiger partial charge in [-0.1, -0.05) is 24.3 Å². The summed E-state index contributed by atoms with van der Waals surface area (Å²) in [5.74, 6) is 1.46. The Bertz CT molecular complexity index is 630. The van der Waals surface area contributed by atoms with Gasteiger partial charge < -0.3 is 15.2 Å². The molecule has 0 saturated heterocycles. The number of primary amides is 1. The van der Waals surface area contributed by atoms with Crippen molar-refractivity contribution in [2.45, 2.75) is 25.7 Å². The number of amides is 1. The standard InChI is InChI=1S/C22H30N2O3/c1-26-20-11-7-18(8-12-20)5-3-15-24(17-22(23)25)16-4-6-19-9-13-21(27-2)14-10-19/h7-14H,3-6,15-17H2,1-2H3,(H2,23,25). The zero-order chi connectivity index (χ0) is 19.5. The number of nitrogens with two attached hydrogens (primary N) is 1. The molecule has 0 aliphatic carbocycles. The van der Waals surface area contributed by atoms with Crippen LogP contribution in [0, 0.1) is 0 Å². The number of hydrogen-bond donors (Lipinski definition) is 1. The molecule has 0 atom stereocenters. The van der Waals surface area contributed by atoms with E-state index in [0.717, 1.165) is 50.3 Å². The van der Waals surface area contributed by atoms with Crippen LogP contribution in [0.4, 0.5) is 0 Å². The molecule has 0 radical (unpaired) electrons. The molecule has 0 saturated carbocycles. The van der Waals surface area contributed by atoms with Gasteiger partial charge in [-0.05, 0) is 74.2 Å². The van der Waals surface area contributed by atoms with E-state index in [1.807, 2.05) is 24.3 Å². The fourth-order valence-electron chi connectivity index (χ4n) is 3.09. The smallest absolute Gasteiger partial charge is 0.231 e.